The summed E-state index contributed by atoms with van der Waals surface area (Å²) in [4.78, 5) is 23.6. The maximum atomic E-state index is 12.1. The van der Waals surface area contributed by atoms with Gasteiger partial charge in [0, 0.05) is 10.6 Å². The third kappa shape index (κ3) is 3.96. The molecule has 0 heterocycles. The molecule has 0 radical (unpaired) electrons. The Kier molecular flexibility index (Phi) is 5.36. The van der Waals surface area contributed by atoms with Crippen LogP contribution in [0, 0.1) is 12.8 Å². The molecular weight excluding hydrogens is 266 g/mol. The van der Waals surface area contributed by atoms with E-state index >= 15 is 0 Å². The zero-order valence-electron chi connectivity index (χ0n) is 11.5. The summed E-state index contributed by atoms with van der Waals surface area (Å²) in [6.07, 6.45) is 0. The number of methoxy groups -OCH3 is 1. The average Bonchev–Trinajstić information content (AvgIpc) is 2.37. The van der Waals surface area contributed by atoms with E-state index in [4.69, 9.17) is 11.6 Å². The van der Waals surface area contributed by atoms with E-state index in [0.29, 0.717) is 10.6 Å². The molecule has 1 N–H and O–H groups in total. The van der Waals surface area contributed by atoms with Gasteiger partial charge < -0.3 is 10.1 Å². The number of carbonyl (C=O) groups is 2. The summed E-state index contributed by atoms with van der Waals surface area (Å²) in [7, 11) is 1.30. The fourth-order valence-electron chi connectivity index (χ4n) is 1.58. The van der Waals surface area contributed by atoms with E-state index in [1.807, 2.05) is 20.8 Å². The number of nitrogens with one attached hydrogen (secondary N) is 1. The molecule has 0 aromatic heterocycles. The lowest BCUT2D eigenvalue weighted by atomic mass is 10.0. The number of aryl methyl sites for hydroxylation is 1. The number of esters is 1. The number of rotatable bonds is 4. The molecule has 19 heavy (non-hydrogen) atoms. The van der Waals surface area contributed by atoms with Gasteiger partial charge in [0.1, 0.15) is 6.04 Å². The van der Waals surface area contributed by atoms with Crippen LogP contribution >= 0.6 is 11.6 Å². The molecule has 4 nitrogen and oxygen atoms in total. The second-order valence-corrected chi connectivity index (χ2v) is 5.09. The van der Waals surface area contributed by atoms with Crippen LogP contribution in [0.15, 0.2) is 18.2 Å². The van der Waals surface area contributed by atoms with E-state index in [9.17, 15) is 9.59 Å². The first kappa shape index (κ1) is 15.5. The molecule has 1 amide bonds. The lowest BCUT2D eigenvalue weighted by Crippen LogP contribution is -2.45. The van der Waals surface area contributed by atoms with Crippen molar-refractivity contribution in [3.8, 4) is 0 Å². The van der Waals surface area contributed by atoms with Crippen LogP contribution in [-0.2, 0) is 9.53 Å². The van der Waals surface area contributed by atoms with Gasteiger partial charge in [-0.2, -0.15) is 0 Å². The second-order valence-electron chi connectivity index (χ2n) is 4.68. The van der Waals surface area contributed by atoms with E-state index in [2.05, 4.69) is 10.1 Å². The lowest BCUT2D eigenvalue weighted by Gasteiger charge is -2.19. The van der Waals surface area contributed by atoms with Gasteiger partial charge in [-0.05, 0) is 30.5 Å². The molecule has 0 saturated carbocycles. The monoisotopic (exact) mass is 283 g/mol. The molecule has 104 valence electrons. The van der Waals surface area contributed by atoms with Gasteiger partial charge in [0.2, 0.25) is 0 Å². The van der Waals surface area contributed by atoms with Crippen molar-refractivity contribution in [1.82, 2.24) is 5.32 Å². The lowest BCUT2D eigenvalue weighted by molar-refractivity contribution is -0.144. The highest BCUT2D eigenvalue weighted by molar-refractivity contribution is 6.31. The Bertz CT molecular complexity index is 486. The van der Waals surface area contributed by atoms with Crippen molar-refractivity contribution in [1.29, 1.82) is 0 Å². The van der Waals surface area contributed by atoms with Crippen molar-refractivity contribution in [2.45, 2.75) is 26.8 Å². The maximum absolute atomic E-state index is 12.1. The number of hydrogen-bond donors (Lipinski definition) is 1. The Morgan fingerprint density at radius 2 is 1.95 bits per heavy atom. The first-order valence-corrected chi connectivity index (χ1v) is 6.39. The summed E-state index contributed by atoms with van der Waals surface area (Å²) in [5, 5.41) is 3.18. The van der Waals surface area contributed by atoms with E-state index in [1.165, 1.54) is 7.11 Å². The van der Waals surface area contributed by atoms with Gasteiger partial charge >= 0.3 is 5.97 Å². The summed E-state index contributed by atoms with van der Waals surface area (Å²) < 4.78 is 4.67. The summed E-state index contributed by atoms with van der Waals surface area (Å²) in [5.41, 5.74) is 1.32. The Balaban J connectivity index is 2.87. The van der Waals surface area contributed by atoms with Crippen LogP contribution in [0.3, 0.4) is 0 Å². The van der Waals surface area contributed by atoms with Crippen molar-refractivity contribution in [3.63, 3.8) is 0 Å². The molecule has 5 heteroatoms. The highest BCUT2D eigenvalue weighted by Gasteiger charge is 2.25. The van der Waals surface area contributed by atoms with Crippen LogP contribution in [0.1, 0.15) is 29.8 Å². The zero-order valence-corrected chi connectivity index (χ0v) is 12.2. The predicted molar refractivity (Wildman–Crippen MR) is 74.3 cm³/mol. The molecule has 0 fully saturated rings. The average molecular weight is 284 g/mol. The van der Waals surface area contributed by atoms with Crippen molar-refractivity contribution < 1.29 is 14.3 Å². The fourth-order valence-corrected chi connectivity index (χ4v) is 1.76. The molecule has 1 aromatic carbocycles. The van der Waals surface area contributed by atoms with Crippen molar-refractivity contribution in [2.75, 3.05) is 7.11 Å². The van der Waals surface area contributed by atoms with Crippen LogP contribution in [0.2, 0.25) is 5.02 Å². The van der Waals surface area contributed by atoms with E-state index < -0.39 is 12.0 Å². The quantitative estimate of drug-likeness (QED) is 0.864. The summed E-state index contributed by atoms with van der Waals surface area (Å²) in [6.45, 7) is 5.53. The highest BCUT2D eigenvalue weighted by Crippen LogP contribution is 2.17. The summed E-state index contributed by atoms with van der Waals surface area (Å²) in [6, 6.07) is 4.35. The van der Waals surface area contributed by atoms with Crippen LogP contribution in [-0.4, -0.2) is 25.0 Å². The van der Waals surface area contributed by atoms with Gasteiger partial charge in [-0.15, -0.1) is 0 Å². The highest BCUT2D eigenvalue weighted by atomic mass is 35.5. The molecular formula is C14H18ClNO3. The predicted octanol–water partition coefficient (Wildman–Crippen LogP) is 2.58. The molecule has 1 rings (SSSR count). The number of benzene rings is 1. The third-order valence-corrected chi connectivity index (χ3v) is 3.25. The smallest absolute Gasteiger partial charge is 0.328 e. The molecule has 0 spiro atoms. The minimum Gasteiger partial charge on any atom is -0.467 e. The van der Waals surface area contributed by atoms with Gasteiger partial charge in [-0.25, -0.2) is 4.79 Å². The van der Waals surface area contributed by atoms with Crippen LogP contribution in [0.4, 0.5) is 0 Å². The number of ether oxygens (including phenoxy) is 1. The van der Waals surface area contributed by atoms with Crippen LogP contribution in [0.25, 0.3) is 0 Å². The molecule has 0 saturated heterocycles. The molecule has 1 unspecified atom stereocenters. The normalized spacial score (nSPS) is 12.1. The topological polar surface area (TPSA) is 55.4 Å². The standard InChI is InChI=1S/C14H18ClNO3/c1-8(2)12(14(18)19-4)16-13(17)10-6-5-9(3)11(15)7-10/h5-8,12H,1-4H3,(H,16,17). The largest absolute Gasteiger partial charge is 0.467 e. The number of carbonyl (C=O) groups excluding carboxylic acids is 2. The number of hydrogen-bond acceptors (Lipinski definition) is 3. The van der Waals surface area contributed by atoms with Crippen LogP contribution in [0.5, 0.6) is 0 Å². The first-order chi connectivity index (χ1) is 8.86. The Labute approximate surface area is 118 Å². The zero-order chi connectivity index (χ0) is 14.6. The Morgan fingerprint density at radius 1 is 1.32 bits per heavy atom. The van der Waals surface area contributed by atoms with Crippen LogP contribution < -0.4 is 5.32 Å². The maximum Gasteiger partial charge on any atom is 0.328 e. The number of halogens is 1. The molecule has 1 aromatic rings. The molecule has 0 bridgehead atoms. The molecule has 1 atom stereocenters. The molecule has 0 aliphatic rings. The molecule has 0 aliphatic heterocycles. The summed E-state index contributed by atoms with van der Waals surface area (Å²) in [5.74, 6) is -0.857. The van der Waals surface area contributed by atoms with E-state index in [0.717, 1.165) is 5.56 Å². The van der Waals surface area contributed by atoms with Crippen molar-refractivity contribution in [2.24, 2.45) is 5.92 Å². The Hall–Kier alpha value is -1.55. The van der Waals surface area contributed by atoms with Gasteiger partial charge in [0.05, 0.1) is 7.11 Å². The number of amides is 1. The van der Waals surface area contributed by atoms with Crippen molar-refractivity contribution >= 4 is 23.5 Å². The van der Waals surface area contributed by atoms with Gasteiger partial charge in [0.15, 0.2) is 0 Å². The van der Waals surface area contributed by atoms with Crippen molar-refractivity contribution in [3.05, 3.63) is 34.3 Å². The van der Waals surface area contributed by atoms with E-state index in [-0.39, 0.29) is 11.8 Å². The first-order valence-electron chi connectivity index (χ1n) is 6.01. The van der Waals surface area contributed by atoms with Gasteiger partial charge in [-0.3, -0.25) is 4.79 Å². The minimum absolute atomic E-state index is 0.0580. The molecule has 0 aliphatic carbocycles. The SMILES string of the molecule is COC(=O)C(NC(=O)c1ccc(C)c(Cl)c1)C(C)C. The van der Waals surface area contributed by atoms with Gasteiger partial charge in [0.25, 0.3) is 5.91 Å². The second kappa shape index (κ2) is 6.57. The summed E-state index contributed by atoms with van der Waals surface area (Å²) >= 11 is 5.98. The van der Waals surface area contributed by atoms with E-state index in [1.54, 1.807) is 18.2 Å². The fraction of sp³-hybridized carbons (Fsp3) is 0.429. The minimum atomic E-state index is -0.669. The Morgan fingerprint density at radius 3 is 2.42 bits per heavy atom. The third-order valence-electron chi connectivity index (χ3n) is 2.84. The van der Waals surface area contributed by atoms with Gasteiger partial charge in [-0.1, -0.05) is 31.5 Å².